The van der Waals surface area contributed by atoms with Crippen LogP contribution in [0, 0.1) is 0 Å². The van der Waals surface area contributed by atoms with Crippen LogP contribution in [0.2, 0.25) is 0 Å². The second kappa shape index (κ2) is 33.1. The molecule has 1 N–H and O–H groups in total. The molecule has 0 atom stereocenters. The zero-order chi connectivity index (χ0) is 29.2. The van der Waals surface area contributed by atoms with Crippen molar-refractivity contribution >= 4 is 11.9 Å². The molecule has 0 radical (unpaired) electrons. The predicted molar refractivity (Wildman–Crippen MR) is 172 cm³/mol. The van der Waals surface area contributed by atoms with Crippen LogP contribution < -0.4 is 0 Å². The summed E-state index contributed by atoms with van der Waals surface area (Å²) in [6, 6.07) is 0. The molecular formula is C36H62O4. The fourth-order valence-corrected chi connectivity index (χ4v) is 4.51. The zero-order valence-corrected chi connectivity index (χ0v) is 26.0. The molecule has 0 aliphatic rings. The molecule has 4 nitrogen and oxygen atoms in total. The topological polar surface area (TPSA) is 63.6 Å². The van der Waals surface area contributed by atoms with Crippen LogP contribution in [0.4, 0.5) is 0 Å². The molecule has 0 aromatic rings. The molecule has 0 heterocycles. The van der Waals surface area contributed by atoms with Crippen molar-refractivity contribution in [2.24, 2.45) is 0 Å². The number of carbonyl (C=O) groups is 2. The van der Waals surface area contributed by atoms with E-state index in [0.29, 0.717) is 19.4 Å². The molecule has 4 heteroatoms. The number of ether oxygens (including phenoxy) is 1. The number of carboxylic acids is 1. The van der Waals surface area contributed by atoms with Gasteiger partial charge in [0.1, 0.15) is 0 Å². The van der Waals surface area contributed by atoms with Gasteiger partial charge in [-0.3, -0.25) is 9.59 Å². The van der Waals surface area contributed by atoms with Crippen LogP contribution >= 0.6 is 0 Å². The van der Waals surface area contributed by atoms with Crippen LogP contribution in [0.15, 0.2) is 48.6 Å². The van der Waals surface area contributed by atoms with E-state index in [9.17, 15) is 9.59 Å². The second-order valence-electron chi connectivity index (χ2n) is 10.9. The number of aliphatic carboxylic acids is 1. The van der Waals surface area contributed by atoms with E-state index in [4.69, 9.17) is 9.84 Å². The molecule has 230 valence electrons. The number of carbonyl (C=O) groups excluding carboxylic acids is 1. The minimum Gasteiger partial charge on any atom is -0.481 e. The molecule has 0 saturated carbocycles. The first-order valence-electron chi connectivity index (χ1n) is 16.6. The molecule has 0 bridgehead atoms. The molecule has 40 heavy (non-hydrogen) atoms. The van der Waals surface area contributed by atoms with Gasteiger partial charge in [-0.25, -0.2) is 0 Å². The Kier molecular flexibility index (Phi) is 31.4. The lowest BCUT2D eigenvalue weighted by molar-refractivity contribution is -0.144. The highest BCUT2D eigenvalue weighted by Gasteiger charge is 2.01. The first-order chi connectivity index (χ1) is 19.7. The van der Waals surface area contributed by atoms with Gasteiger partial charge in [0, 0.05) is 12.8 Å². The summed E-state index contributed by atoms with van der Waals surface area (Å²) < 4.78 is 5.38. The van der Waals surface area contributed by atoms with E-state index in [1.165, 1.54) is 83.5 Å². The smallest absolute Gasteiger partial charge is 0.305 e. The zero-order valence-electron chi connectivity index (χ0n) is 26.0. The fraction of sp³-hybridized carbons (Fsp3) is 0.722. The molecule has 0 saturated heterocycles. The highest BCUT2D eigenvalue weighted by Crippen LogP contribution is 2.13. The molecule has 0 spiro atoms. The maximum Gasteiger partial charge on any atom is 0.305 e. The second-order valence-corrected chi connectivity index (χ2v) is 10.9. The normalized spacial score (nSPS) is 12.0. The number of hydrogen-bond acceptors (Lipinski definition) is 3. The Labute approximate surface area is 247 Å². The number of carboxylic acid groups (broad SMARTS) is 1. The van der Waals surface area contributed by atoms with Crippen LogP contribution in [-0.2, 0) is 14.3 Å². The van der Waals surface area contributed by atoms with Gasteiger partial charge in [0.2, 0.25) is 0 Å². The number of allylic oxidation sites excluding steroid dienone is 8. The van der Waals surface area contributed by atoms with Gasteiger partial charge in [-0.1, -0.05) is 139 Å². The minimum absolute atomic E-state index is 0.0576. The van der Waals surface area contributed by atoms with Crippen molar-refractivity contribution in [1.82, 2.24) is 0 Å². The largest absolute Gasteiger partial charge is 0.481 e. The van der Waals surface area contributed by atoms with Crippen molar-refractivity contribution in [3.63, 3.8) is 0 Å². The Hall–Kier alpha value is -2.10. The lowest BCUT2D eigenvalue weighted by atomic mass is 10.0. The summed E-state index contributed by atoms with van der Waals surface area (Å²) >= 11 is 0. The number of hydrogen-bond donors (Lipinski definition) is 1. The molecule has 0 amide bonds. The first-order valence-corrected chi connectivity index (χ1v) is 16.6. The van der Waals surface area contributed by atoms with Gasteiger partial charge in [0.25, 0.3) is 0 Å². The molecule has 0 rings (SSSR count). The molecule has 0 unspecified atom stereocenters. The van der Waals surface area contributed by atoms with Crippen molar-refractivity contribution in [2.45, 2.75) is 161 Å². The third kappa shape index (κ3) is 33.9. The Morgan fingerprint density at radius 3 is 1.40 bits per heavy atom. The maximum atomic E-state index is 11.9. The van der Waals surface area contributed by atoms with Crippen LogP contribution in [0.1, 0.15) is 161 Å². The van der Waals surface area contributed by atoms with E-state index in [1.807, 2.05) is 0 Å². The van der Waals surface area contributed by atoms with Gasteiger partial charge in [-0.2, -0.15) is 0 Å². The maximum absolute atomic E-state index is 11.9. The predicted octanol–water partition coefficient (Wildman–Crippen LogP) is 11.2. The van der Waals surface area contributed by atoms with Crippen LogP contribution in [-0.4, -0.2) is 23.7 Å². The first kappa shape index (κ1) is 37.9. The number of unbranched alkanes of at least 4 members (excludes halogenated alkanes) is 16. The molecule has 0 aromatic heterocycles. The Bertz CT molecular complexity index is 674. The average molecular weight is 559 g/mol. The van der Waals surface area contributed by atoms with E-state index in [-0.39, 0.29) is 5.97 Å². The van der Waals surface area contributed by atoms with Crippen LogP contribution in [0.5, 0.6) is 0 Å². The van der Waals surface area contributed by atoms with Crippen LogP contribution in [0.25, 0.3) is 0 Å². The van der Waals surface area contributed by atoms with Crippen molar-refractivity contribution < 1.29 is 19.4 Å². The van der Waals surface area contributed by atoms with E-state index in [2.05, 4.69) is 55.5 Å². The molecule has 0 aliphatic carbocycles. The highest BCUT2D eigenvalue weighted by atomic mass is 16.5. The summed E-state index contributed by atoms with van der Waals surface area (Å²) in [6.45, 7) is 2.81. The van der Waals surface area contributed by atoms with Gasteiger partial charge in [-0.05, 0) is 57.8 Å². The average Bonchev–Trinajstić information content (AvgIpc) is 2.94. The number of esters is 1. The van der Waals surface area contributed by atoms with Crippen molar-refractivity contribution in [3.8, 4) is 0 Å². The minimum atomic E-state index is -0.675. The monoisotopic (exact) mass is 558 g/mol. The van der Waals surface area contributed by atoms with Gasteiger partial charge in [-0.15, -0.1) is 0 Å². The Morgan fingerprint density at radius 2 is 0.925 bits per heavy atom. The summed E-state index contributed by atoms with van der Waals surface area (Å²) in [6.07, 6.45) is 43.9. The van der Waals surface area contributed by atoms with E-state index >= 15 is 0 Å². The van der Waals surface area contributed by atoms with Crippen molar-refractivity contribution in [1.29, 1.82) is 0 Å². The van der Waals surface area contributed by atoms with Gasteiger partial charge < -0.3 is 9.84 Å². The third-order valence-electron chi connectivity index (χ3n) is 7.01. The van der Waals surface area contributed by atoms with Crippen molar-refractivity contribution in [3.05, 3.63) is 48.6 Å². The van der Waals surface area contributed by atoms with Crippen molar-refractivity contribution in [2.75, 3.05) is 6.61 Å². The molecular weight excluding hydrogens is 496 g/mol. The summed E-state index contributed by atoms with van der Waals surface area (Å²) in [4.78, 5) is 22.3. The third-order valence-corrected chi connectivity index (χ3v) is 7.01. The van der Waals surface area contributed by atoms with E-state index in [0.717, 1.165) is 57.8 Å². The summed E-state index contributed by atoms with van der Waals surface area (Å²) in [7, 11) is 0. The van der Waals surface area contributed by atoms with E-state index < -0.39 is 5.97 Å². The lowest BCUT2D eigenvalue weighted by Crippen LogP contribution is -2.05. The van der Waals surface area contributed by atoms with Gasteiger partial charge in [0.05, 0.1) is 6.61 Å². The molecule has 0 fully saturated rings. The SMILES string of the molecule is CCCCC/C=C\C/C=C\C/C=C\C/C=C\CCCC(=O)OCCCCCCCCCCCCCCCC(=O)O. The summed E-state index contributed by atoms with van der Waals surface area (Å²) in [5.41, 5.74) is 0. The Morgan fingerprint density at radius 1 is 0.500 bits per heavy atom. The summed E-state index contributed by atoms with van der Waals surface area (Å²) in [5, 5.41) is 8.62. The fourth-order valence-electron chi connectivity index (χ4n) is 4.51. The molecule has 0 aliphatic heterocycles. The summed E-state index contributed by atoms with van der Waals surface area (Å²) in [5.74, 6) is -0.733. The van der Waals surface area contributed by atoms with Gasteiger partial charge >= 0.3 is 11.9 Å². The quantitative estimate of drug-likeness (QED) is 0.0541. The van der Waals surface area contributed by atoms with E-state index in [1.54, 1.807) is 0 Å². The highest BCUT2D eigenvalue weighted by molar-refractivity contribution is 5.69. The Balaban J connectivity index is 3.35. The lowest BCUT2D eigenvalue weighted by Gasteiger charge is -2.05. The molecule has 0 aromatic carbocycles. The van der Waals surface area contributed by atoms with Crippen LogP contribution in [0.3, 0.4) is 0 Å². The number of rotatable bonds is 30. The van der Waals surface area contributed by atoms with Gasteiger partial charge in [0.15, 0.2) is 0 Å². The standard InChI is InChI=1S/C36H62O4/c1-2-3-4-5-6-7-8-9-10-11-12-15-18-21-24-27-30-33-36(39)40-34-31-28-25-22-19-16-13-14-17-20-23-26-29-32-35(37)38/h6-7,9-10,12,15,21,24H,2-5,8,11,13-14,16-20,22-23,25-34H2,1H3,(H,37,38)/b7-6-,10-9-,15-12-,24-21-.